The van der Waals surface area contributed by atoms with Crippen molar-refractivity contribution >= 4 is 28.5 Å². The van der Waals surface area contributed by atoms with Crippen LogP contribution in [0.1, 0.15) is 10.5 Å². The Hall–Kier alpha value is -0.720. The summed E-state index contributed by atoms with van der Waals surface area (Å²) in [6.07, 6.45) is 0.961. The summed E-state index contributed by atoms with van der Waals surface area (Å²) >= 11 is 1.80. The first kappa shape index (κ1) is 8.38. The Morgan fingerprint density at radius 2 is 2.36 bits per heavy atom. The van der Waals surface area contributed by atoms with Crippen molar-refractivity contribution in [1.29, 1.82) is 0 Å². The average molecular weight is 266 g/mol. The third-order valence-corrected chi connectivity index (χ3v) is 1.86. The molecule has 0 aliphatic rings. The number of nitrogens with zero attached hydrogens (tertiary/aromatic N) is 1. The molecule has 0 atom stereocenters. The first-order valence-electron chi connectivity index (χ1n) is 2.72. The number of primary amides is 1. The van der Waals surface area contributed by atoms with Crippen LogP contribution in [0.5, 0.6) is 0 Å². The van der Waals surface area contributed by atoms with E-state index in [1.807, 2.05) is 0 Å². The van der Waals surface area contributed by atoms with E-state index in [0.29, 0.717) is 3.57 Å². The Morgan fingerprint density at radius 1 is 1.73 bits per heavy atom. The van der Waals surface area contributed by atoms with Crippen molar-refractivity contribution in [3.63, 3.8) is 0 Å². The van der Waals surface area contributed by atoms with Gasteiger partial charge in [0, 0.05) is 3.57 Å². The molecule has 58 valence electrons. The van der Waals surface area contributed by atoms with Gasteiger partial charge in [-0.25, -0.2) is 9.37 Å². The third kappa shape index (κ3) is 1.86. The molecule has 0 aliphatic heterocycles. The van der Waals surface area contributed by atoms with E-state index < -0.39 is 11.7 Å². The Morgan fingerprint density at radius 3 is 2.82 bits per heavy atom. The normalized spacial score (nSPS) is 9.64. The van der Waals surface area contributed by atoms with Crippen molar-refractivity contribution in [2.24, 2.45) is 5.73 Å². The van der Waals surface area contributed by atoms with E-state index in [9.17, 15) is 9.18 Å². The zero-order valence-corrected chi connectivity index (χ0v) is 7.50. The summed E-state index contributed by atoms with van der Waals surface area (Å²) in [4.78, 5) is 14.1. The molecule has 5 heteroatoms. The summed E-state index contributed by atoms with van der Waals surface area (Å²) in [6.45, 7) is 0. The van der Waals surface area contributed by atoms with Crippen molar-refractivity contribution in [3.05, 3.63) is 27.3 Å². The van der Waals surface area contributed by atoms with Crippen LogP contribution in [0.4, 0.5) is 4.39 Å². The van der Waals surface area contributed by atoms with Crippen LogP contribution >= 0.6 is 22.6 Å². The number of carbonyl (C=O) groups is 1. The highest BCUT2D eigenvalue weighted by Gasteiger charge is 2.07. The molecule has 0 fully saturated rings. The monoisotopic (exact) mass is 266 g/mol. The number of halogens is 2. The molecular formula is C6H4FIN2O. The standard InChI is InChI=1S/C6H4FIN2O/c7-3-1-4(8)5(6(9)11)10-2-3/h1-2H,(H2,9,11). The summed E-state index contributed by atoms with van der Waals surface area (Å²) in [6, 6.07) is 1.20. The molecule has 1 rings (SSSR count). The van der Waals surface area contributed by atoms with E-state index in [2.05, 4.69) is 4.98 Å². The molecule has 1 amide bonds. The van der Waals surface area contributed by atoms with Crippen molar-refractivity contribution in [2.75, 3.05) is 0 Å². The highest BCUT2D eigenvalue weighted by atomic mass is 127. The van der Waals surface area contributed by atoms with E-state index in [1.54, 1.807) is 22.6 Å². The molecule has 1 aromatic heterocycles. The van der Waals surface area contributed by atoms with Gasteiger partial charge in [0.05, 0.1) is 6.20 Å². The lowest BCUT2D eigenvalue weighted by Gasteiger charge is -1.96. The van der Waals surface area contributed by atoms with Crippen molar-refractivity contribution in [1.82, 2.24) is 4.98 Å². The van der Waals surface area contributed by atoms with Crippen LogP contribution in [0.2, 0.25) is 0 Å². The Bertz CT molecular complexity index is 303. The lowest BCUT2D eigenvalue weighted by molar-refractivity contribution is 0.0994. The van der Waals surface area contributed by atoms with Gasteiger partial charge in [-0.15, -0.1) is 0 Å². The van der Waals surface area contributed by atoms with Gasteiger partial charge in [-0.2, -0.15) is 0 Å². The van der Waals surface area contributed by atoms with Crippen LogP contribution in [0.3, 0.4) is 0 Å². The minimum Gasteiger partial charge on any atom is -0.364 e. The fourth-order valence-electron chi connectivity index (χ4n) is 0.596. The Labute approximate surface area is 75.9 Å². The second-order valence-corrected chi connectivity index (χ2v) is 3.01. The summed E-state index contributed by atoms with van der Waals surface area (Å²) in [7, 11) is 0. The van der Waals surface area contributed by atoms with Crippen LogP contribution in [0, 0.1) is 9.39 Å². The van der Waals surface area contributed by atoms with E-state index in [-0.39, 0.29) is 5.69 Å². The minimum absolute atomic E-state index is 0.104. The summed E-state index contributed by atoms with van der Waals surface area (Å²) in [5.41, 5.74) is 5.04. The molecule has 0 unspecified atom stereocenters. The highest BCUT2D eigenvalue weighted by Crippen LogP contribution is 2.09. The van der Waals surface area contributed by atoms with Crippen LogP contribution < -0.4 is 5.73 Å². The number of pyridine rings is 1. The first-order valence-corrected chi connectivity index (χ1v) is 3.80. The van der Waals surface area contributed by atoms with Crippen LogP contribution in [-0.4, -0.2) is 10.9 Å². The topological polar surface area (TPSA) is 56.0 Å². The van der Waals surface area contributed by atoms with E-state index in [1.165, 1.54) is 6.07 Å². The molecule has 2 N–H and O–H groups in total. The molecule has 0 aromatic carbocycles. The number of nitrogens with two attached hydrogens (primary N) is 1. The summed E-state index contributed by atoms with van der Waals surface area (Å²) < 4.78 is 12.8. The minimum atomic E-state index is -0.644. The number of rotatable bonds is 1. The van der Waals surface area contributed by atoms with Gasteiger partial charge in [-0.1, -0.05) is 0 Å². The van der Waals surface area contributed by atoms with Gasteiger partial charge < -0.3 is 5.73 Å². The van der Waals surface area contributed by atoms with Crippen molar-refractivity contribution < 1.29 is 9.18 Å². The highest BCUT2D eigenvalue weighted by molar-refractivity contribution is 14.1. The van der Waals surface area contributed by atoms with Gasteiger partial charge in [-0.3, -0.25) is 4.79 Å². The second kappa shape index (κ2) is 3.12. The summed E-state index contributed by atoms with van der Waals surface area (Å²) in [5, 5.41) is 0. The molecular weight excluding hydrogens is 262 g/mol. The molecule has 1 aromatic rings. The third-order valence-electron chi connectivity index (χ3n) is 1.04. The molecule has 1 heterocycles. The van der Waals surface area contributed by atoms with Gasteiger partial charge in [0.2, 0.25) is 0 Å². The molecule has 0 aliphatic carbocycles. The van der Waals surface area contributed by atoms with E-state index >= 15 is 0 Å². The lowest BCUT2D eigenvalue weighted by atomic mass is 10.3. The smallest absolute Gasteiger partial charge is 0.268 e. The second-order valence-electron chi connectivity index (χ2n) is 1.85. The van der Waals surface area contributed by atoms with Crippen LogP contribution in [0.25, 0.3) is 0 Å². The van der Waals surface area contributed by atoms with Gasteiger partial charge in [-0.05, 0) is 28.7 Å². The SMILES string of the molecule is NC(=O)c1ncc(F)cc1I. The van der Waals surface area contributed by atoms with Crippen LogP contribution in [0.15, 0.2) is 12.3 Å². The van der Waals surface area contributed by atoms with Crippen LogP contribution in [-0.2, 0) is 0 Å². The maximum atomic E-state index is 12.4. The zero-order chi connectivity index (χ0) is 8.43. The number of aromatic nitrogens is 1. The number of amides is 1. The first-order chi connectivity index (χ1) is 5.11. The number of carbonyl (C=O) groups excluding carboxylic acids is 1. The molecule has 0 radical (unpaired) electrons. The van der Waals surface area contributed by atoms with Gasteiger partial charge in [0.25, 0.3) is 5.91 Å². The van der Waals surface area contributed by atoms with Crippen molar-refractivity contribution in [2.45, 2.75) is 0 Å². The Balaban J connectivity index is 3.20. The zero-order valence-electron chi connectivity index (χ0n) is 5.34. The van der Waals surface area contributed by atoms with E-state index in [4.69, 9.17) is 5.73 Å². The van der Waals surface area contributed by atoms with Gasteiger partial charge >= 0.3 is 0 Å². The predicted octanol–water partition coefficient (Wildman–Crippen LogP) is 0.924. The fourth-order valence-corrected chi connectivity index (χ4v) is 1.30. The van der Waals surface area contributed by atoms with Crippen molar-refractivity contribution in [3.8, 4) is 0 Å². The molecule has 0 spiro atoms. The molecule has 0 saturated heterocycles. The Kier molecular flexibility index (Phi) is 2.38. The molecule has 3 nitrogen and oxygen atoms in total. The number of hydrogen-bond acceptors (Lipinski definition) is 2. The van der Waals surface area contributed by atoms with E-state index in [0.717, 1.165) is 6.20 Å². The predicted molar refractivity (Wildman–Crippen MR) is 45.4 cm³/mol. The number of hydrogen-bond donors (Lipinski definition) is 1. The maximum absolute atomic E-state index is 12.4. The molecule has 11 heavy (non-hydrogen) atoms. The fraction of sp³-hybridized carbons (Fsp3) is 0. The lowest BCUT2D eigenvalue weighted by Crippen LogP contribution is -2.14. The molecule has 0 bridgehead atoms. The molecule has 0 saturated carbocycles. The summed E-state index contributed by atoms with van der Waals surface area (Å²) in [5.74, 6) is -1.12. The largest absolute Gasteiger partial charge is 0.364 e. The average Bonchev–Trinajstić information content (AvgIpc) is 1.85. The quantitative estimate of drug-likeness (QED) is 0.768. The van der Waals surface area contributed by atoms with Gasteiger partial charge in [0.15, 0.2) is 0 Å². The maximum Gasteiger partial charge on any atom is 0.268 e. The van der Waals surface area contributed by atoms with Gasteiger partial charge in [0.1, 0.15) is 11.5 Å².